The zero-order chi connectivity index (χ0) is 17.8. The first-order valence-corrected chi connectivity index (χ1v) is 8.59. The molecule has 6 heteroatoms. The smallest absolute Gasteiger partial charge is 0.231 e. The third-order valence-corrected chi connectivity index (χ3v) is 4.85. The van der Waals surface area contributed by atoms with Crippen LogP contribution in [0.5, 0.6) is 0 Å². The fourth-order valence-electron chi connectivity index (χ4n) is 2.57. The minimum absolute atomic E-state index is 0.477. The van der Waals surface area contributed by atoms with Gasteiger partial charge in [-0.15, -0.1) is 0 Å². The lowest BCUT2D eigenvalue weighted by atomic mass is 10.1. The lowest BCUT2D eigenvalue weighted by molar-refractivity contribution is 0.910. The summed E-state index contributed by atoms with van der Waals surface area (Å²) in [7, 11) is 0. The highest BCUT2D eigenvalue weighted by Gasteiger charge is 2.09. The highest BCUT2D eigenvalue weighted by Crippen LogP contribution is 2.31. The number of rotatable bonds is 4. The largest absolute Gasteiger partial charge is 0.324 e. The van der Waals surface area contributed by atoms with Gasteiger partial charge in [0.05, 0.1) is 11.6 Å². The average molecular weight is 347 g/mol. The highest BCUT2D eigenvalue weighted by atomic mass is 32.2. The summed E-state index contributed by atoms with van der Waals surface area (Å²) in [4.78, 5) is 14.1. The molecule has 0 atom stereocenters. The molecule has 0 fully saturated rings. The number of nitrogens with zero attached hydrogens (tertiary/aromatic N) is 4. The van der Waals surface area contributed by atoms with E-state index in [4.69, 9.17) is 5.26 Å². The monoisotopic (exact) mass is 347 g/mol. The number of aryl methyl sites for hydroxylation is 3. The zero-order valence-electron chi connectivity index (χ0n) is 14.2. The number of hydrogen-bond donors (Lipinski definition) is 1. The zero-order valence-corrected chi connectivity index (χ0v) is 15.1. The van der Waals surface area contributed by atoms with E-state index in [2.05, 4.69) is 59.2 Å². The number of aromatic nitrogens is 3. The van der Waals surface area contributed by atoms with Crippen molar-refractivity contribution in [2.24, 2.45) is 0 Å². The van der Waals surface area contributed by atoms with Gasteiger partial charge in [0.2, 0.25) is 5.95 Å². The average Bonchev–Trinajstić information content (AvgIpc) is 2.59. The van der Waals surface area contributed by atoms with Crippen LogP contribution >= 0.6 is 11.8 Å². The predicted octanol–water partition coefficient (Wildman–Crippen LogP) is 4.56. The van der Waals surface area contributed by atoms with Crippen molar-refractivity contribution in [3.63, 3.8) is 0 Å². The first-order valence-electron chi connectivity index (χ1n) is 7.77. The second kappa shape index (κ2) is 7.32. The topological polar surface area (TPSA) is 74.5 Å². The first-order chi connectivity index (χ1) is 12.0. The van der Waals surface area contributed by atoms with Crippen LogP contribution in [-0.2, 0) is 0 Å². The molecule has 5 nitrogen and oxygen atoms in total. The number of nitriles is 1. The maximum atomic E-state index is 8.85. The second-order valence-electron chi connectivity index (χ2n) is 5.74. The van der Waals surface area contributed by atoms with Crippen molar-refractivity contribution in [1.82, 2.24) is 15.0 Å². The molecule has 0 saturated carbocycles. The fraction of sp³-hybridized carbons (Fsp3) is 0.158. The quantitative estimate of drug-likeness (QED) is 0.745. The number of hydrogen-bond acceptors (Lipinski definition) is 6. The molecule has 0 unspecified atom stereocenters. The highest BCUT2D eigenvalue weighted by molar-refractivity contribution is 7.99. The Bertz CT molecular complexity index is 922. The van der Waals surface area contributed by atoms with Crippen LogP contribution in [-0.4, -0.2) is 15.0 Å². The van der Waals surface area contributed by atoms with E-state index in [1.807, 2.05) is 12.1 Å². The maximum absolute atomic E-state index is 8.85. The van der Waals surface area contributed by atoms with Crippen molar-refractivity contribution in [3.05, 3.63) is 65.0 Å². The lowest BCUT2D eigenvalue weighted by Crippen LogP contribution is -1.99. The molecule has 2 aromatic carbocycles. The van der Waals surface area contributed by atoms with E-state index < -0.39 is 0 Å². The third kappa shape index (κ3) is 4.14. The van der Waals surface area contributed by atoms with Gasteiger partial charge in [-0.1, -0.05) is 17.7 Å². The Morgan fingerprint density at radius 2 is 1.68 bits per heavy atom. The normalized spacial score (nSPS) is 10.3. The molecule has 0 bridgehead atoms. The van der Waals surface area contributed by atoms with Gasteiger partial charge in [-0.05, 0) is 67.9 Å². The van der Waals surface area contributed by atoms with Crippen LogP contribution in [0, 0.1) is 32.1 Å². The fourth-order valence-corrected chi connectivity index (χ4v) is 3.42. The predicted molar refractivity (Wildman–Crippen MR) is 99.0 cm³/mol. The van der Waals surface area contributed by atoms with E-state index in [1.54, 1.807) is 12.1 Å². The molecule has 0 saturated heterocycles. The molecular formula is C19H17N5S. The summed E-state index contributed by atoms with van der Waals surface area (Å²) in [5.74, 6) is 0.477. The Kier molecular flexibility index (Phi) is 4.96. The van der Waals surface area contributed by atoms with Gasteiger partial charge in [-0.2, -0.15) is 10.2 Å². The summed E-state index contributed by atoms with van der Waals surface area (Å²) in [6.07, 6.45) is 1.50. The molecule has 124 valence electrons. The Hall–Kier alpha value is -2.91. The van der Waals surface area contributed by atoms with Crippen LogP contribution in [0.2, 0.25) is 0 Å². The molecule has 0 amide bonds. The summed E-state index contributed by atoms with van der Waals surface area (Å²) in [5, 5.41) is 12.6. The van der Waals surface area contributed by atoms with Gasteiger partial charge in [0.1, 0.15) is 6.33 Å². The van der Waals surface area contributed by atoms with Crippen molar-refractivity contribution in [1.29, 1.82) is 5.26 Å². The van der Waals surface area contributed by atoms with Gasteiger partial charge in [0.15, 0.2) is 5.16 Å². The molecule has 3 aromatic rings. The Labute approximate surface area is 151 Å². The molecule has 1 heterocycles. The summed E-state index contributed by atoms with van der Waals surface area (Å²) in [6.45, 7) is 6.29. The van der Waals surface area contributed by atoms with Gasteiger partial charge in [-0.25, -0.2) is 9.97 Å². The van der Waals surface area contributed by atoms with E-state index in [9.17, 15) is 0 Å². The van der Waals surface area contributed by atoms with Crippen molar-refractivity contribution in [2.75, 3.05) is 5.32 Å². The number of nitrogens with one attached hydrogen (secondary N) is 1. The van der Waals surface area contributed by atoms with Crippen LogP contribution in [0.1, 0.15) is 22.3 Å². The molecule has 25 heavy (non-hydrogen) atoms. The Balaban J connectivity index is 1.81. The van der Waals surface area contributed by atoms with E-state index in [1.165, 1.54) is 39.7 Å². The van der Waals surface area contributed by atoms with Gasteiger partial charge in [-0.3, -0.25) is 0 Å². The van der Waals surface area contributed by atoms with Gasteiger partial charge < -0.3 is 5.32 Å². The van der Waals surface area contributed by atoms with Crippen molar-refractivity contribution >= 4 is 23.4 Å². The molecule has 0 aliphatic heterocycles. The Morgan fingerprint density at radius 3 is 2.32 bits per heavy atom. The summed E-state index contributed by atoms with van der Waals surface area (Å²) < 4.78 is 0. The second-order valence-corrected chi connectivity index (χ2v) is 6.71. The van der Waals surface area contributed by atoms with Crippen molar-refractivity contribution < 1.29 is 0 Å². The number of benzene rings is 2. The lowest BCUT2D eigenvalue weighted by Gasteiger charge is -2.10. The molecule has 0 aliphatic carbocycles. The van der Waals surface area contributed by atoms with Crippen LogP contribution < -0.4 is 5.32 Å². The van der Waals surface area contributed by atoms with Crippen molar-refractivity contribution in [2.45, 2.75) is 30.8 Å². The standard InChI is InChI=1S/C19H17N5S/c1-12-8-13(2)17(14(3)9-12)25-19-22-11-21-18(24-19)23-16-6-4-15(10-20)5-7-16/h4-9,11H,1-3H3,(H,21,22,23,24). The van der Waals surface area contributed by atoms with Crippen LogP contribution in [0.4, 0.5) is 11.6 Å². The molecule has 1 N–H and O–H groups in total. The van der Waals surface area contributed by atoms with Crippen molar-refractivity contribution in [3.8, 4) is 6.07 Å². The van der Waals surface area contributed by atoms with E-state index >= 15 is 0 Å². The maximum Gasteiger partial charge on any atom is 0.231 e. The minimum atomic E-state index is 0.477. The molecule has 0 spiro atoms. The third-order valence-electron chi connectivity index (χ3n) is 3.62. The summed E-state index contributed by atoms with van der Waals surface area (Å²) in [5.41, 5.74) is 5.11. The molecular weight excluding hydrogens is 330 g/mol. The first kappa shape index (κ1) is 16.9. The van der Waals surface area contributed by atoms with E-state index in [-0.39, 0.29) is 0 Å². The van der Waals surface area contributed by atoms with E-state index in [0.29, 0.717) is 16.7 Å². The number of anilines is 2. The van der Waals surface area contributed by atoms with Gasteiger partial charge >= 0.3 is 0 Å². The summed E-state index contributed by atoms with van der Waals surface area (Å²) >= 11 is 1.54. The summed E-state index contributed by atoms with van der Waals surface area (Å²) in [6, 6.07) is 13.6. The van der Waals surface area contributed by atoms with Crippen LogP contribution in [0.25, 0.3) is 0 Å². The minimum Gasteiger partial charge on any atom is -0.324 e. The van der Waals surface area contributed by atoms with Gasteiger partial charge in [0, 0.05) is 10.6 Å². The molecule has 0 radical (unpaired) electrons. The molecule has 1 aromatic heterocycles. The SMILES string of the molecule is Cc1cc(C)c(Sc2ncnc(Nc3ccc(C#N)cc3)n2)c(C)c1. The van der Waals surface area contributed by atoms with E-state index in [0.717, 1.165) is 5.69 Å². The molecule has 3 rings (SSSR count). The van der Waals surface area contributed by atoms with Gasteiger partial charge in [0.25, 0.3) is 0 Å². The van der Waals surface area contributed by atoms with Crippen LogP contribution in [0.15, 0.2) is 52.8 Å². The Morgan fingerprint density at radius 1 is 1.00 bits per heavy atom. The molecule has 0 aliphatic rings. The van der Waals surface area contributed by atoms with Crippen LogP contribution in [0.3, 0.4) is 0 Å².